The summed E-state index contributed by atoms with van der Waals surface area (Å²) in [6, 6.07) is 15.0. The number of nitrogens with two attached hydrogens (primary N) is 1. The standard InChI is InChI=1S/C17H20INS/c1-17(2,3)13-6-4-12(5-7-13)11-20-16-9-8-14(19)10-15(16)18/h4-10H,11,19H2,1-3H3. The van der Waals surface area contributed by atoms with Gasteiger partial charge in [0, 0.05) is 19.9 Å². The molecule has 2 aromatic rings. The second-order valence-electron chi connectivity index (χ2n) is 5.93. The molecule has 2 aromatic carbocycles. The summed E-state index contributed by atoms with van der Waals surface area (Å²) in [6.45, 7) is 6.73. The Morgan fingerprint density at radius 2 is 1.70 bits per heavy atom. The molecule has 3 heteroatoms. The molecule has 0 aliphatic rings. The monoisotopic (exact) mass is 397 g/mol. The predicted octanol–water partition coefficient (Wildman–Crippen LogP) is 5.46. The van der Waals surface area contributed by atoms with Gasteiger partial charge in [0.15, 0.2) is 0 Å². The Balaban J connectivity index is 2.04. The van der Waals surface area contributed by atoms with E-state index < -0.39 is 0 Å². The van der Waals surface area contributed by atoms with E-state index in [0.717, 1.165) is 11.4 Å². The van der Waals surface area contributed by atoms with Crippen LogP contribution in [0.1, 0.15) is 31.9 Å². The van der Waals surface area contributed by atoms with Gasteiger partial charge >= 0.3 is 0 Å². The molecule has 0 saturated heterocycles. The van der Waals surface area contributed by atoms with Gasteiger partial charge in [0.05, 0.1) is 0 Å². The Morgan fingerprint density at radius 1 is 1.05 bits per heavy atom. The van der Waals surface area contributed by atoms with Crippen LogP contribution in [-0.2, 0) is 11.2 Å². The van der Waals surface area contributed by atoms with E-state index in [1.807, 2.05) is 23.9 Å². The van der Waals surface area contributed by atoms with Gasteiger partial charge in [0.25, 0.3) is 0 Å². The van der Waals surface area contributed by atoms with Gasteiger partial charge in [-0.1, -0.05) is 45.0 Å². The molecule has 20 heavy (non-hydrogen) atoms. The summed E-state index contributed by atoms with van der Waals surface area (Å²) >= 11 is 4.20. The van der Waals surface area contributed by atoms with Gasteiger partial charge in [-0.05, 0) is 57.3 Å². The molecular formula is C17H20INS. The van der Waals surface area contributed by atoms with Crippen molar-refractivity contribution in [2.45, 2.75) is 36.8 Å². The fraction of sp³-hybridized carbons (Fsp3) is 0.294. The fourth-order valence-corrected chi connectivity index (χ4v) is 3.78. The van der Waals surface area contributed by atoms with Gasteiger partial charge in [0.2, 0.25) is 0 Å². The minimum atomic E-state index is 0.220. The summed E-state index contributed by atoms with van der Waals surface area (Å²) < 4.78 is 1.22. The number of anilines is 1. The third-order valence-electron chi connectivity index (χ3n) is 3.17. The van der Waals surface area contributed by atoms with Crippen molar-refractivity contribution in [1.82, 2.24) is 0 Å². The van der Waals surface area contributed by atoms with Gasteiger partial charge in [-0.2, -0.15) is 0 Å². The smallest absolute Gasteiger partial charge is 0.0325 e. The largest absolute Gasteiger partial charge is 0.399 e. The second-order valence-corrected chi connectivity index (χ2v) is 8.10. The van der Waals surface area contributed by atoms with E-state index in [0.29, 0.717) is 0 Å². The van der Waals surface area contributed by atoms with E-state index in [1.165, 1.54) is 19.6 Å². The Morgan fingerprint density at radius 3 is 2.25 bits per heavy atom. The minimum absolute atomic E-state index is 0.220. The maximum absolute atomic E-state index is 5.78. The summed E-state index contributed by atoms with van der Waals surface area (Å²) in [6.07, 6.45) is 0. The molecule has 0 radical (unpaired) electrons. The van der Waals surface area contributed by atoms with Crippen LogP contribution in [0.2, 0.25) is 0 Å². The predicted molar refractivity (Wildman–Crippen MR) is 98.3 cm³/mol. The van der Waals surface area contributed by atoms with E-state index in [1.54, 1.807) is 0 Å². The van der Waals surface area contributed by atoms with Gasteiger partial charge < -0.3 is 5.73 Å². The highest BCUT2D eigenvalue weighted by molar-refractivity contribution is 14.1. The SMILES string of the molecule is CC(C)(C)c1ccc(CSc2ccc(N)cc2I)cc1. The first kappa shape index (κ1) is 15.7. The van der Waals surface area contributed by atoms with Gasteiger partial charge in [0.1, 0.15) is 0 Å². The molecule has 0 atom stereocenters. The number of halogens is 1. The first-order valence-corrected chi connectivity index (χ1v) is 8.70. The molecule has 0 heterocycles. The zero-order chi connectivity index (χ0) is 14.8. The number of hydrogen-bond donors (Lipinski definition) is 1. The van der Waals surface area contributed by atoms with Crippen molar-refractivity contribution in [3.8, 4) is 0 Å². The minimum Gasteiger partial charge on any atom is -0.399 e. The third-order valence-corrected chi connectivity index (χ3v) is 5.57. The molecule has 0 amide bonds. The van der Waals surface area contributed by atoms with Gasteiger partial charge in [-0.25, -0.2) is 0 Å². The van der Waals surface area contributed by atoms with Crippen LogP contribution in [-0.4, -0.2) is 0 Å². The average Bonchev–Trinajstić information content (AvgIpc) is 2.37. The highest BCUT2D eigenvalue weighted by Gasteiger charge is 2.12. The van der Waals surface area contributed by atoms with Crippen LogP contribution in [0.3, 0.4) is 0 Å². The normalized spacial score (nSPS) is 11.6. The Labute approximate surface area is 139 Å². The zero-order valence-electron chi connectivity index (χ0n) is 12.1. The quantitative estimate of drug-likeness (QED) is 0.423. The Hall–Kier alpha value is -0.680. The molecule has 0 bridgehead atoms. The summed E-state index contributed by atoms with van der Waals surface area (Å²) in [7, 11) is 0. The number of nitrogen functional groups attached to an aromatic ring is 1. The third kappa shape index (κ3) is 4.16. The van der Waals surface area contributed by atoms with Crippen molar-refractivity contribution in [2.24, 2.45) is 0 Å². The molecule has 2 rings (SSSR count). The lowest BCUT2D eigenvalue weighted by Crippen LogP contribution is -2.10. The van der Waals surface area contributed by atoms with Gasteiger partial charge in [-0.3, -0.25) is 0 Å². The Bertz CT molecular complexity index is 585. The molecule has 0 aromatic heterocycles. The molecule has 106 valence electrons. The van der Waals surface area contributed by atoms with Gasteiger partial charge in [-0.15, -0.1) is 11.8 Å². The molecule has 0 spiro atoms. The molecule has 0 unspecified atom stereocenters. The lowest BCUT2D eigenvalue weighted by atomic mass is 9.87. The van der Waals surface area contributed by atoms with Crippen molar-refractivity contribution < 1.29 is 0 Å². The number of rotatable bonds is 3. The van der Waals surface area contributed by atoms with Crippen LogP contribution in [0.25, 0.3) is 0 Å². The molecule has 0 aliphatic carbocycles. The topological polar surface area (TPSA) is 26.0 Å². The number of benzene rings is 2. The maximum Gasteiger partial charge on any atom is 0.0325 e. The fourth-order valence-electron chi connectivity index (χ4n) is 1.90. The molecule has 0 aliphatic heterocycles. The van der Waals surface area contributed by atoms with E-state index in [4.69, 9.17) is 5.73 Å². The van der Waals surface area contributed by atoms with Crippen molar-refractivity contribution in [2.75, 3.05) is 5.73 Å². The summed E-state index contributed by atoms with van der Waals surface area (Å²) in [5.74, 6) is 0.990. The Kier molecular flexibility index (Phi) is 5.02. The van der Waals surface area contributed by atoms with E-state index >= 15 is 0 Å². The van der Waals surface area contributed by atoms with Crippen molar-refractivity contribution >= 4 is 40.0 Å². The molecule has 0 saturated carbocycles. The molecule has 0 fully saturated rings. The lowest BCUT2D eigenvalue weighted by Gasteiger charge is -2.19. The second kappa shape index (κ2) is 6.39. The summed E-state index contributed by atoms with van der Waals surface area (Å²) in [4.78, 5) is 1.29. The van der Waals surface area contributed by atoms with Crippen LogP contribution in [0, 0.1) is 3.57 Å². The highest BCUT2D eigenvalue weighted by Crippen LogP contribution is 2.29. The van der Waals surface area contributed by atoms with Crippen molar-refractivity contribution in [3.05, 3.63) is 57.2 Å². The van der Waals surface area contributed by atoms with Crippen LogP contribution < -0.4 is 5.73 Å². The van der Waals surface area contributed by atoms with Crippen LogP contribution in [0.15, 0.2) is 47.4 Å². The summed E-state index contributed by atoms with van der Waals surface area (Å²) in [5, 5.41) is 0. The van der Waals surface area contributed by atoms with E-state index in [9.17, 15) is 0 Å². The van der Waals surface area contributed by atoms with Crippen molar-refractivity contribution in [1.29, 1.82) is 0 Å². The van der Waals surface area contributed by atoms with E-state index in [2.05, 4.69) is 73.7 Å². The van der Waals surface area contributed by atoms with Crippen LogP contribution in [0.5, 0.6) is 0 Å². The lowest BCUT2D eigenvalue weighted by molar-refractivity contribution is 0.590. The first-order chi connectivity index (χ1) is 9.36. The van der Waals surface area contributed by atoms with Crippen molar-refractivity contribution in [3.63, 3.8) is 0 Å². The first-order valence-electron chi connectivity index (χ1n) is 6.63. The maximum atomic E-state index is 5.78. The number of hydrogen-bond acceptors (Lipinski definition) is 2. The average molecular weight is 397 g/mol. The summed E-state index contributed by atoms with van der Waals surface area (Å²) in [5.41, 5.74) is 9.57. The molecular weight excluding hydrogens is 377 g/mol. The van der Waals surface area contributed by atoms with Crippen LogP contribution >= 0.6 is 34.4 Å². The molecule has 2 N–H and O–H groups in total. The number of thioether (sulfide) groups is 1. The zero-order valence-corrected chi connectivity index (χ0v) is 15.1. The van der Waals surface area contributed by atoms with E-state index in [-0.39, 0.29) is 5.41 Å². The highest BCUT2D eigenvalue weighted by atomic mass is 127. The molecule has 1 nitrogen and oxygen atoms in total. The van der Waals surface area contributed by atoms with Crippen LogP contribution in [0.4, 0.5) is 5.69 Å².